The molecule has 0 spiro atoms. The van der Waals surface area contributed by atoms with E-state index in [0.29, 0.717) is 0 Å². The van der Waals surface area contributed by atoms with Crippen LogP contribution in [0.5, 0.6) is 0 Å². The molecule has 5 heteroatoms. The maximum atomic E-state index is 5.32. The lowest BCUT2D eigenvalue weighted by Gasteiger charge is -2.21. The molecule has 0 saturated heterocycles. The molecule has 2 unspecified atom stereocenters. The number of aryl methyl sites for hydroxylation is 1. The van der Waals surface area contributed by atoms with E-state index in [0.717, 1.165) is 17.4 Å². The molecule has 92 valence electrons. The third-order valence-electron chi connectivity index (χ3n) is 2.69. The van der Waals surface area contributed by atoms with Gasteiger partial charge in [0.15, 0.2) is 0 Å². The van der Waals surface area contributed by atoms with E-state index in [-0.39, 0.29) is 12.1 Å². The monoisotopic (exact) mass is 289 g/mol. The molecular formula is C11H20BrN3O. The van der Waals surface area contributed by atoms with Gasteiger partial charge >= 0.3 is 0 Å². The smallest absolute Gasteiger partial charge is 0.0693 e. The molecule has 0 bridgehead atoms. The van der Waals surface area contributed by atoms with Crippen molar-refractivity contribution in [3.05, 3.63) is 16.4 Å². The van der Waals surface area contributed by atoms with Crippen LogP contribution in [0.3, 0.4) is 0 Å². The fourth-order valence-corrected chi connectivity index (χ4v) is 2.40. The minimum absolute atomic E-state index is 0.228. The van der Waals surface area contributed by atoms with Gasteiger partial charge in [-0.3, -0.25) is 4.68 Å². The zero-order valence-electron chi connectivity index (χ0n) is 10.3. The number of hydrogen-bond donors (Lipinski definition) is 1. The summed E-state index contributed by atoms with van der Waals surface area (Å²) >= 11 is 3.54. The van der Waals surface area contributed by atoms with E-state index >= 15 is 0 Å². The van der Waals surface area contributed by atoms with Gasteiger partial charge in [0, 0.05) is 14.2 Å². The van der Waals surface area contributed by atoms with Crippen molar-refractivity contribution in [1.82, 2.24) is 15.1 Å². The van der Waals surface area contributed by atoms with E-state index < -0.39 is 0 Å². The van der Waals surface area contributed by atoms with Crippen LogP contribution >= 0.6 is 15.9 Å². The molecule has 2 atom stereocenters. The molecular weight excluding hydrogens is 270 g/mol. The average Bonchev–Trinajstić information content (AvgIpc) is 2.58. The number of halogens is 1. The molecule has 0 aromatic carbocycles. The van der Waals surface area contributed by atoms with Crippen LogP contribution in [0.1, 0.15) is 32.0 Å². The lowest BCUT2D eigenvalue weighted by Crippen LogP contribution is -2.27. The minimum Gasteiger partial charge on any atom is -0.382 e. The highest BCUT2D eigenvalue weighted by atomic mass is 79.9. The molecule has 0 fully saturated rings. The first kappa shape index (κ1) is 13.7. The molecule has 0 aliphatic heterocycles. The third-order valence-corrected chi connectivity index (χ3v) is 3.30. The van der Waals surface area contributed by atoms with Gasteiger partial charge in [0.05, 0.1) is 28.5 Å². The van der Waals surface area contributed by atoms with Gasteiger partial charge in [-0.2, -0.15) is 5.10 Å². The summed E-state index contributed by atoms with van der Waals surface area (Å²) in [5.41, 5.74) is 1.17. The Morgan fingerprint density at radius 1 is 1.62 bits per heavy atom. The maximum Gasteiger partial charge on any atom is 0.0693 e. The summed E-state index contributed by atoms with van der Waals surface area (Å²) in [6, 6.07) is 0.266. The number of ether oxygens (including phenoxy) is 1. The molecule has 0 radical (unpaired) electrons. The third kappa shape index (κ3) is 3.30. The molecule has 1 aromatic rings. The molecule has 0 saturated carbocycles. The first-order valence-corrected chi connectivity index (χ1v) is 6.33. The van der Waals surface area contributed by atoms with E-state index in [1.807, 2.05) is 17.9 Å². The molecule has 1 heterocycles. The Morgan fingerprint density at radius 3 is 2.75 bits per heavy atom. The topological polar surface area (TPSA) is 39.1 Å². The first-order valence-electron chi connectivity index (χ1n) is 5.53. The van der Waals surface area contributed by atoms with Crippen molar-refractivity contribution in [3.63, 3.8) is 0 Å². The minimum atomic E-state index is 0.228. The number of hydrogen-bond acceptors (Lipinski definition) is 3. The molecule has 0 aliphatic rings. The van der Waals surface area contributed by atoms with E-state index in [1.54, 1.807) is 7.11 Å². The Hall–Kier alpha value is -0.390. The highest BCUT2D eigenvalue weighted by molar-refractivity contribution is 9.10. The Kier molecular flexibility index (Phi) is 5.44. The second-order valence-electron chi connectivity index (χ2n) is 3.89. The normalized spacial score (nSPS) is 15.1. The highest BCUT2D eigenvalue weighted by Crippen LogP contribution is 2.26. The maximum absolute atomic E-state index is 5.32. The Labute approximate surface area is 105 Å². The van der Waals surface area contributed by atoms with Crippen molar-refractivity contribution in [2.45, 2.75) is 32.4 Å². The predicted molar refractivity (Wildman–Crippen MR) is 68.4 cm³/mol. The number of methoxy groups -OCH3 is 1. The fourth-order valence-electron chi connectivity index (χ4n) is 1.78. The van der Waals surface area contributed by atoms with Crippen molar-refractivity contribution in [2.75, 3.05) is 13.7 Å². The van der Waals surface area contributed by atoms with Crippen molar-refractivity contribution in [3.8, 4) is 0 Å². The lowest BCUT2D eigenvalue weighted by atomic mass is 10.1. The van der Waals surface area contributed by atoms with Crippen molar-refractivity contribution >= 4 is 15.9 Å². The van der Waals surface area contributed by atoms with Crippen LogP contribution in [-0.4, -0.2) is 29.5 Å². The second kappa shape index (κ2) is 6.37. The molecule has 16 heavy (non-hydrogen) atoms. The van der Waals surface area contributed by atoms with E-state index in [9.17, 15) is 0 Å². The number of rotatable bonds is 6. The summed E-state index contributed by atoms with van der Waals surface area (Å²) in [6.07, 6.45) is 2.99. The van der Waals surface area contributed by atoms with Gasteiger partial charge in [-0.05, 0) is 35.8 Å². The van der Waals surface area contributed by atoms with Crippen LogP contribution < -0.4 is 5.32 Å². The van der Waals surface area contributed by atoms with Gasteiger partial charge < -0.3 is 10.1 Å². The number of nitrogens with one attached hydrogen (secondary N) is 1. The molecule has 1 rings (SSSR count). The zero-order chi connectivity index (χ0) is 12.1. The van der Waals surface area contributed by atoms with Gasteiger partial charge in [0.2, 0.25) is 0 Å². The Balaban J connectivity index is 2.84. The van der Waals surface area contributed by atoms with Crippen LogP contribution in [-0.2, 0) is 11.8 Å². The Morgan fingerprint density at radius 2 is 2.31 bits per heavy atom. The van der Waals surface area contributed by atoms with Crippen molar-refractivity contribution in [2.24, 2.45) is 7.05 Å². The highest BCUT2D eigenvalue weighted by Gasteiger charge is 2.20. The summed E-state index contributed by atoms with van der Waals surface area (Å²) in [4.78, 5) is 0. The fraction of sp³-hybridized carbons (Fsp3) is 0.727. The summed E-state index contributed by atoms with van der Waals surface area (Å²) in [6.45, 7) is 5.11. The second-order valence-corrected chi connectivity index (χ2v) is 4.75. The summed E-state index contributed by atoms with van der Waals surface area (Å²) in [5.74, 6) is 0. The Bertz CT molecular complexity index is 308. The summed E-state index contributed by atoms with van der Waals surface area (Å²) in [7, 11) is 3.70. The van der Waals surface area contributed by atoms with E-state index in [1.165, 1.54) is 5.69 Å². The number of aromatic nitrogens is 2. The molecule has 1 N–H and O–H groups in total. The molecule has 1 aromatic heterocycles. The summed E-state index contributed by atoms with van der Waals surface area (Å²) in [5, 5.41) is 7.70. The number of nitrogens with zero attached hydrogens (tertiary/aromatic N) is 2. The first-order chi connectivity index (χ1) is 7.60. The molecule has 0 aliphatic carbocycles. The van der Waals surface area contributed by atoms with Gasteiger partial charge in [0.25, 0.3) is 0 Å². The van der Waals surface area contributed by atoms with Gasteiger partial charge in [-0.1, -0.05) is 6.92 Å². The lowest BCUT2D eigenvalue weighted by molar-refractivity contribution is 0.0995. The van der Waals surface area contributed by atoms with Crippen molar-refractivity contribution < 1.29 is 4.74 Å². The van der Waals surface area contributed by atoms with Crippen molar-refractivity contribution in [1.29, 1.82) is 0 Å². The molecule has 0 amide bonds. The van der Waals surface area contributed by atoms with E-state index in [2.05, 4.69) is 40.2 Å². The van der Waals surface area contributed by atoms with Gasteiger partial charge in [0.1, 0.15) is 0 Å². The van der Waals surface area contributed by atoms with Crippen LogP contribution in [0, 0.1) is 0 Å². The zero-order valence-corrected chi connectivity index (χ0v) is 11.9. The SMILES string of the molecule is CCNC(CC(C)OC)c1c(Br)cnn1C. The van der Waals surface area contributed by atoms with Crippen LogP contribution in [0.15, 0.2) is 10.7 Å². The average molecular weight is 290 g/mol. The standard InChI is InChI=1S/C11H20BrN3O/c1-5-13-10(6-8(2)16-4)11-9(12)7-14-15(11)3/h7-8,10,13H,5-6H2,1-4H3. The van der Waals surface area contributed by atoms with Crippen LogP contribution in [0.25, 0.3) is 0 Å². The van der Waals surface area contributed by atoms with Crippen LogP contribution in [0.2, 0.25) is 0 Å². The predicted octanol–water partition coefficient (Wildman–Crippen LogP) is 2.26. The van der Waals surface area contributed by atoms with E-state index in [4.69, 9.17) is 4.74 Å². The quantitative estimate of drug-likeness (QED) is 0.873. The molecule has 4 nitrogen and oxygen atoms in total. The van der Waals surface area contributed by atoms with Gasteiger partial charge in [-0.25, -0.2) is 0 Å². The largest absolute Gasteiger partial charge is 0.382 e. The van der Waals surface area contributed by atoms with Crippen LogP contribution in [0.4, 0.5) is 0 Å². The summed E-state index contributed by atoms with van der Waals surface area (Å²) < 4.78 is 8.27. The van der Waals surface area contributed by atoms with Gasteiger partial charge in [-0.15, -0.1) is 0 Å².